The number of carbonyl (C=O) groups is 1. The summed E-state index contributed by atoms with van der Waals surface area (Å²) in [5.74, 6) is 0.510. The maximum atomic E-state index is 11.7. The highest BCUT2D eigenvalue weighted by atomic mass is 16.3. The maximum Gasteiger partial charge on any atom is 0.320 e. The average Bonchev–Trinajstić information content (AvgIpc) is 2.33. The summed E-state index contributed by atoms with van der Waals surface area (Å²) in [5, 5.41) is 15.1. The molecule has 0 radical (unpaired) electrons. The Hall–Kier alpha value is -1.62. The van der Waals surface area contributed by atoms with Crippen LogP contribution in [0.2, 0.25) is 0 Å². The van der Waals surface area contributed by atoms with Gasteiger partial charge in [-0.15, -0.1) is 0 Å². The van der Waals surface area contributed by atoms with E-state index in [1.54, 1.807) is 24.4 Å². The van der Waals surface area contributed by atoms with Crippen LogP contribution in [-0.2, 0) is 0 Å². The van der Waals surface area contributed by atoms with Crippen LogP contribution in [0.25, 0.3) is 0 Å². The summed E-state index contributed by atoms with van der Waals surface area (Å²) >= 11 is 0. The molecule has 1 heterocycles. The van der Waals surface area contributed by atoms with Gasteiger partial charge in [0.15, 0.2) is 0 Å². The van der Waals surface area contributed by atoms with Crippen molar-refractivity contribution in [3.8, 4) is 0 Å². The normalized spacial score (nSPS) is 24.1. The molecule has 2 amide bonds. The lowest BCUT2D eigenvalue weighted by Gasteiger charge is -2.28. The first-order valence-electron chi connectivity index (χ1n) is 5.92. The first kappa shape index (κ1) is 11.9. The molecular weight excluding hydrogens is 218 g/mol. The second-order valence-corrected chi connectivity index (χ2v) is 4.27. The minimum atomic E-state index is -0.432. The number of aliphatic hydroxyl groups is 1. The van der Waals surface area contributed by atoms with Crippen molar-refractivity contribution >= 4 is 11.8 Å². The van der Waals surface area contributed by atoms with Crippen molar-refractivity contribution in [2.24, 2.45) is 0 Å². The van der Waals surface area contributed by atoms with Gasteiger partial charge in [0.1, 0.15) is 5.82 Å². The molecule has 1 aromatic heterocycles. The Morgan fingerprint density at radius 1 is 1.35 bits per heavy atom. The van der Waals surface area contributed by atoms with Gasteiger partial charge in [0.05, 0.1) is 12.1 Å². The largest absolute Gasteiger partial charge is 0.391 e. The molecule has 5 heteroatoms. The molecule has 0 unspecified atom stereocenters. The molecule has 92 valence electrons. The van der Waals surface area contributed by atoms with Gasteiger partial charge in [-0.05, 0) is 25.0 Å². The monoisotopic (exact) mass is 235 g/mol. The van der Waals surface area contributed by atoms with Gasteiger partial charge in [0.25, 0.3) is 0 Å². The van der Waals surface area contributed by atoms with Crippen molar-refractivity contribution in [3.05, 3.63) is 24.4 Å². The smallest absolute Gasteiger partial charge is 0.320 e. The Labute approximate surface area is 100 Å². The van der Waals surface area contributed by atoms with Gasteiger partial charge >= 0.3 is 6.03 Å². The molecule has 2 atom stereocenters. The van der Waals surface area contributed by atoms with E-state index in [0.29, 0.717) is 5.82 Å². The minimum absolute atomic E-state index is 0.146. The topological polar surface area (TPSA) is 74.2 Å². The number of carbonyl (C=O) groups excluding carboxylic acids is 1. The van der Waals surface area contributed by atoms with Crippen LogP contribution in [0.1, 0.15) is 25.7 Å². The average molecular weight is 235 g/mol. The Morgan fingerprint density at radius 2 is 2.18 bits per heavy atom. The predicted molar refractivity (Wildman–Crippen MR) is 64.7 cm³/mol. The summed E-state index contributed by atoms with van der Waals surface area (Å²) in [6, 6.07) is 4.85. The summed E-state index contributed by atoms with van der Waals surface area (Å²) in [5.41, 5.74) is 0. The number of nitrogens with one attached hydrogen (secondary N) is 2. The molecule has 0 bridgehead atoms. The summed E-state index contributed by atoms with van der Waals surface area (Å²) in [4.78, 5) is 15.6. The number of amides is 2. The van der Waals surface area contributed by atoms with Gasteiger partial charge in [0.2, 0.25) is 0 Å². The van der Waals surface area contributed by atoms with Crippen LogP contribution in [0, 0.1) is 0 Å². The van der Waals surface area contributed by atoms with Crippen LogP contribution >= 0.6 is 0 Å². The Morgan fingerprint density at radius 3 is 2.88 bits per heavy atom. The van der Waals surface area contributed by atoms with Crippen molar-refractivity contribution in [2.75, 3.05) is 5.32 Å². The number of aliphatic hydroxyl groups excluding tert-OH is 1. The predicted octanol–water partition coefficient (Wildman–Crippen LogP) is 1.51. The lowest BCUT2D eigenvalue weighted by atomic mass is 9.93. The van der Waals surface area contributed by atoms with Crippen molar-refractivity contribution in [2.45, 2.75) is 37.8 Å². The van der Waals surface area contributed by atoms with E-state index < -0.39 is 6.10 Å². The summed E-state index contributed by atoms with van der Waals surface area (Å²) in [7, 11) is 0. The molecule has 1 aliphatic carbocycles. The summed E-state index contributed by atoms with van der Waals surface area (Å²) in [6.45, 7) is 0. The van der Waals surface area contributed by atoms with Crippen LogP contribution in [0.15, 0.2) is 24.4 Å². The molecule has 0 aliphatic heterocycles. The lowest BCUT2D eigenvalue weighted by Crippen LogP contribution is -2.46. The number of pyridine rings is 1. The van der Waals surface area contributed by atoms with Crippen molar-refractivity contribution in [1.82, 2.24) is 10.3 Å². The van der Waals surface area contributed by atoms with Crippen molar-refractivity contribution in [1.29, 1.82) is 0 Å². The molecule has 3 N–H and O–H groups in total. The molecular formula is C12H17N3O2. The number of hydrogen-bond acceptors (Lipinski definition) is 3. The first-order valence-corrected chi connectivity index (χ1v) is 5.92. The highest BCUT2D eigenvalue weighted by Crippen LogP contribution is 2.18. The fourth-order valence-electron chi connectivity index (χ4n) is 2.04. The third kappa shape index (κ3) is 3.42. The molecule has 1 saturated carbocycles. The van der Waals surface area contributed by atoms with E-state index in [4.69, 9.17) is 0 Å². The second kappa shape index (κ2) is 5.63. The number of rotatable bonds is 2. The van der Waals surface area contributed by atoms with Gasteiger partial charge in [0, 0.05) is 6.20 Å². The van der Waals surface area contributed by atoms with Gasteiger partial charge < -0.3 is 10.4 Å². The Balaban J connectivity index is 1.84. The summed E-state index contributed by atoms with van der Waals surface area (Å²) in [6.07, 6.45) is 4.85. The van der Waals surface area contributed by atoms with Crippen LogP contribution in [0.4, 0.5) is 10.6 Å². The van der Waals surface area contributed by atoms with E-state index in [2.05, 4.69) is 15.6 Å². The zero-order valence-electron chi connectivity index (χ0n) is 9.60. The van der Waals surface area contributed by atoms with Gasteiger partial charge in [-0.1, -0.05) is 18.9 Å². The fourth-order valence-corrected chi connectivity index (χ4v) is 2.04. The van der Waals surface area contributed by atoms with Crippen LogP contribution in [0.3, 0.4) is 0 Å². The molecule has 1 fully saturated rings. The fraction of sp³-hybridized carbons (Fsp3) is 0.500. The molecule has 1 aromatic rings. The Kier molecular flexibility index (Phi) is 3.93. The van der Waals surface area contributed by atoms with Gasteiger partial charge in [-0.25, -0.2) is 9.78 Å². The quantitative estimate of drug-likeness (QED) is 0.727. The first-order chi connectivity index (χ1) is 8.25. The second-order valence-electron chi connectivity index (χ2n) is 4.27. The lowest BCUT2D eigenvalue weighted by molar-refractivity contribution is 0.0955. The molecule has 1 aliphatic rings. The highest BCUT2D eigenvalue weighted by Gasteiger charge is 2.24. The minimum Gasteiger partial charge on any atom is -0.391 e. The standard InChI is InChI=1S/C12H17N3O2/c16-10-6-2-1-5-9(10)14-12(17)15-11-7-3-4-8-13-11/h3-4,7-10,16H,1-2,5-6H2,(H2,13,14,15,17)/t9-,10+/m0/s1. The van der Waals surface area contributed by atoms with E-state index in [1.165, 1.54) is 0 Å². The molecule has 2 rings (SSSR count). The zero-order chi connectivity index (χ0) is 12.1. The van der Waals surface area contributed by atoms with Crippen LogP contribution in [-0.4, -0.2) is 28.3 Å². The molecule has 0 spiro atoms. The van der Waals surface area contributed by atoms with Gasteiger partial charge in [-0.3, -0.25) is 5.32 Å². The number of hydrogen-bond donors (Lipinski definition) is 3. The Bertz CT molecular complexity index is 369. The van der Waals surface area contributed by atoms with E-state index in [1.807, 2.05) is 0 Å². The van der Waals surface area contributed by atoms with Gasteiger partial charge in [-0.2, -0.15) is 0 Å². The SMILES string of the molecule is O=C(Nc1ccccn1)N[C@H]1CCCC[C@H]1O. The van der Waals surface area contributed by atoms with Crippen molar-refractivity contribution in [3.63, 3.8) is 0 Å². The van der Waals surface area contributed by atoms with E-state index in [9.17, 15) is 9.90 Å². The van der Waals surface area contributed by atoms with E-state index in [-0.39, 0.29) is 12.1 Å². The third-order valence-corrected chi connectivity index (χ3v) is 2.95. The molecule has 17 heavy (non-hydrogen) atoms. The number of anilines is 1. The van der Waals surface area contributed by atoms with Crippen molar-refractivity contribution < 1.29 is 9.90 Å². The third-order valence-electron chi connectivity index (χ3n) is 2.95. The van der Waals surface area contributed by atoms with E-state index >= 15 is 0 Å². The van der Waals surface area contributed by atoms with Crippen LogP contribution < -0.4 is 10.6 Å². The molecule has 0 saturated heterocycles. The summed E-state index contributed by atoms with van der Waals surface area (Å²) < 4.78 is 0. The zero-order valence-corrected chi connectivity index (χ0v) is 9.60. The number of nitrogens with zero attached hydrogens (tertiary/aromatic N) is 1. The molecule has 0 aromatic carbocycles. The highest BCUT2D eigenvalue weighted by molar-refractivity contribution is 5.88. The maximum absolute atomic E-state index is 11.7. The number of urea groups is 1. The van der Waals surface area contributed by atoms with E-state index in [0.717, 1.165) is 25.7 Å². The number of aromatic nitrogens is 1. The molecule has 5 nitrogen and oxygen atoms in total. The van der Waals surface area contributed by atoms with Crippen LogP contribution in [0.5, 0.6) is 0 Å².